The number of halogens is 2. The second-order valence-electron chi connectivity index (χ2n) is 22.2. The molecular formula is C69H77ClFN9O14S2. The molecule has 5 atom stereocenters. The maximum atomic E-state index is 12.9. The summed E-state index contributed by atoms with van der Waals surface area (Å²) in [7, 11) is -7.33. The number of aryl methyl sites for hydroxylation is 1. The fourth-order valence-electron chi connectivity index (χ4n) is 9.26. The molecule has 8 rings (SSSR count). The molecule has 5 unspecified atom stereocenters. The molecule has 0 spiro atoms. The number of carbonyl (C=O) groups excluding carboxylic acids is 6. The van der Waals surface area contributed by atoms with E-state index in [2.05, 4.69) is 25.4 Å². The molecule has 23 nitrogen and oxygen atoms in total. The van der Waals surface area contributed by atoms with Crippen molar-refractivity contribution >= 4 is 67.2 Å². The van der Waals surface area contributed by atoms with Crippen LogP contribution >= 0.6 is 11.6 Å². The summed E-state index contributed by atoms with van der Waals surface area (Å²) in [5.41, 5.74) is 14.2. The number of rotatable bonds is 22. The van der Waals surface area contributed by atoms with E-state index in [9.17, 15) is 50.0 Å². The summed E-state index contributed by atoms with van der Waals surface area (Å²) in [4.78, 5) is 69.8. The standard InChI is InChI=1S/C20H24N2O3.C18H21N3O3.C16H17FN2O4S.C15H15ClN2O4S/c1-13(2)19(16-7-9-17(10-8-16)20(24)22-25)21-18(23)12-15-6-4-5-14(3)11-15;1-12(14-6-4-3-5-7-14)19-18(23)20-13(2)15-8-10-16(11-9-15)17(22)21-24;1-11(13-4-6-14(7-5-13)16(20)18-21)19-24(22,23)10-12-2-8-15(17)9-3-12;1-10(11-5-7-12(8-6-11)15(19)17-20)18-23(21,22)14-4-2-3-13(16)9-14/h4-11,13,19,25H,12H2,1-3H3,(H,21,23)(H,22,24);3-13,24H,1-2H3,(H,21,22)(H2,19,20,23);2-9,11,19,21H,10H2,1H3,(H,18,20);2-10,18,20H,1H3,(H,17,19). The summed E-state index contributed by atoms with van der Waals surface area (Å²) >= 11 is 5.81. The van der Waals surface area contributed by atoms with Gasteiger partial charge in [-0.2, -0.15) is 0 Å². The van der Waals surface area contributed by atoms with Crippen molar-refractivity contribution in [1.29, 1.82) is 0 Å². The van der Waals surface area contributed by atoms with Crippen LogP contribution in [0.2, 0.25) is 5.02 Å². The zero-order chi connectivity index (χ0) is 70.7. The Balaban J connectivity index is 0.000000232. The number of hydrogen-bond acceptors (Lipinski definition) is 14. The van der Waals surface area contributed by atoms with Crippen molar-refractivity contribution in [3.05, 3.63) is 278 Å². The van der Waals surface area contributed by atoms with Crippen molar-refractivity contribution in [2.24, 2.45) is 5.92 Å². The van der Waals surface area contributed by atoms with Gasteiger partial charge in [0.15, 0.2) is 0 Å². The average molecular weight is 1380 g/mol. The highest BCUT2D eigenvalue weighted by Gasteiger charge is 2.22. The lowest BCUT2D eigenvalue weighted by molar-refractivity contribution is -0.121. The predicted octanol–water partition coefficient (Wildman–Crippen LogP) is 10.7. The van der Waals surface area contributed by atoms with Crippen LogP contribution in [0.15, 0.2) is 205 Å². The van der Waals surface area contributed by atoms with E-state index in [0.717, 1.165) is 27.8 Å². The number of nitrogens with one attached hydrogen (secondary N) is 9. The van der Waals surface area contributed by atoms with Gasteiger partial charge in [-0.25, -0.2) is 57.4 Å². The number of hydrogen-bond donors (Lipinski definition) is 13. The molecule has 8 aromatic rings. The molecule has 13 N–H and O–H groups in total. The quantitative estimate of drug-likeness (QED) is 0.0222. The van der Waals surface area contributed by atoms with Gasteiger partial charge in [-0.15, -0.1) is 0 Å². The van der Waals surface area contributed by atoms with E-state index in [1.54, 1.807) is 110 Å². The van der Waals surface area contributed by atoms with Crippen molar-refractivity contribution in [1.82, 2.24) is 47.3 Å². The normalized spacial score (nSPS) is 12.5. The molecule has 508 valence electrons. The molecule has 0 aliphatic rings. The molecule has 0 aromatic heterocycles. The minimum atomic E-state index is -3.72. The van der Waals surface area contributed by atoms with E-state index < -0.39 is 61.6 Å². The molecule has 0 saturated carbocycles. The van der Waals surface area contributed by atoms with Crippen molar-refractivity contribution in [3.63, 3.8) is 0 Å². The molecule has 96 heavy (non-hydrogen) atoms. The fraction of sp³-hybridized carbons (Fsp3) is 0.217. The summed E-state index contributed by atoms with van der Waals surface area (Å²) in [6.45, 7) is 13.2. The van der Waals surface area contributed by atoms with Gasteiger partial charge in [-0.3, -0.25) is 44.8 Å². The van der Waals surface area contributed by atoms with Gasteiger partial charge in [0, 0.05) is 39.4 Å². The van der Waals surface area contributed by atoms with E-state index in [4.69, 9.17) is 32.4 Å². The topological polar surface area (TPSA) is 360 Å². The van der Waals surface area contributed by atoms with Gasteiger partial charge in [0.1, 0.15) is 5.82 Å². The highest BCUT2D eigenvalue weighted by atomic mass is 35.5. The average Bonchev–Trinajstić information content (AvgIpc) is 1.15. The Bertz CT molecular complexity index is 4110. The monoisotopic (exact) mass is 1370 g/mol. The van der Waals surface area contributed by atoms with E-state index >= 15 is 0 Å². The number of carbonyl (C=O) groups is 6. The summed E-state index contributed by atoms with van der Waals surface area (Å²) in [5, 5.41) is 43.6. The summed E-state index contributed by atoms with van der Waals surface area (Å²) in [6.07, 6.45) is 0.329. The second-order valence-corrected chi connectivity index (χ2v) is 26.1. The number of benzene rings is 8. The number of amides is 7. The Morgan fingerprint density at radius 1 is 0.438 bits per heavy atom. The molecule has 0 aliphatic heterocycles. The first kappa shape index (κ1) is 77.0. The molecule has 0 aliphatic carbocycles. The molecular weight excluding hydrogens is 1300 g/mol. The molecule has 8 aromatic carbocycles. The van der Waals surface area contributed by atoms with Crippen LogP contribution in [-0.4, -0.2) is 73.2 Å². The van der Waals surface area contributed by atoms with Crippen LogP contribution in [0.1, 0.15) is 158 Å². The van der Waals surface area contributed by atoms with Gasteiger partial charge in [0.2, 0.25) is 26.0 Å². The van der Waals surface area contributed by atoms with E-state index in [1.807, 2.05) is 89.2 Å². The summed E-state index contributed by atoms with van der Waals surface area (Å²) in [5.74, 6) is -2.95. The van der Waals surface area contributed by atoms with Crippen molar-refractivity contribution in [3.8, 4) is 0 Å². The molecule has 0 fully saturated rings. The minimum Gasteiger partial charge on any atom is -0.349 e. The Morgan fingerprint density at radius 2 is 0.844 bits per heavy atom. The zero-order valence-electron chi connectivity index (χ0n) is 53.4. The number of hydroxylamine groups is 4. The molecule has 0 saturated heterocycles. The lowest BCUT2D eigenvalue weighted by Crippen LogP contribution is -2.38. The van der Waals surface area contributed by atoms with E-state index in [0.29, 0.717) is 39.3 Å². The van der Waals surface area contributed by atoms with Gasteiger partial charge in [-0.1, -0.05) is 152 Å². The van der Waals surface area contributed by atoms with Gasteiger partial charge in [0.25, 0.3) is 23.6 Å². The number of sulfonamides is 2. The molecule has 0 bridgehead atoms. The third kappa shape index (κ3) is 24.9. The maximum absolute atomic E-state index is 12.9. The van der Waals surface area contributed by atoms with Crippen molar-refractivity contribution < 1.29 is 70.8 Å². The number of urea groups is 1. The minimum absolute atomic E-state index is 0.0403. The Kier molecular flexibility index (Phi) is 30.0. The van der Waals surface area contributed by atoms with Crippen LogP contribution in [-0.2, 0) is 37.0 Å². The molecule has 0 heterocycles. The van der Waals surface area contributed by atoms with Gasteiger partial charge >= 0.3 is 6.03 Å². The SMILES string of the molecule is CC(NC(=O)NC(C)c1ccc(C(=O)NO)cc1)c1ccccc1.CC(NS(=O)(=O)Cc1ccc(F)cc1)c1ccc(C(=O)NO)cc1.CC(NS(=O)(=O)c1cccc(Cl)c1)c1ccc(C(=O)NO)cc1.Cc1cccc(CC(=O)NC(c2ccc(C(=O)NO)cc2)C(C)C)c1. The first-order valence-electron chi connectivity index (χ1n) is 29.7. The van der Waals surface area contributed by atoms with Crippen LogP contribution in [0, 0.1) is 18.7 Å². The molecule has 27 heteroatoms. The fourth-order valence-corrected chi connectivity index (χ4v) is 12.2. The molecule has 0 radical (unpaired) electrons. The van der Waals surface area contributed by atoms with Crippen LogP contribution in [0.25, 0.3) is 0 Å². The van der Waals surface area contributed by atoms with Crippen LogP contribution < -0.4 is 47.3 Å². The third-order valence-electron chi connectivity index (χ3n) is 14.4. The first-order valence-corrected chi connectivity index (χ1v) is 33.2. The highest BCUT2D eigenvalue weighted by molar-refractivity contribution is 7.89. The van der Waals surface area contributed by atoms with Gasteiger partial charge in [0.05, 0.1) is 35.2 Å². The van der Waals surface area contributed by atoms with Gasteiger partial charge in [-0.05, 0) is 158 Å². The Morgan fingerprint density at radius 3 is 1.26 bits per heavy atom. The van der Waals surface area contributed by atoms with Crippen LogP contribution in [0.5, 0.6) is 0 Å². The van der Waals surface area contributed by atoms with E-state index in [1.165, 1.54) is 71.6 Å². The van der Waals surface area contributed by atoms with Crippen molar-refractivity contribution in [2.45, 2.75) is 95.7 Å². The lowest BCUT2D eigenvalue weighted by atomic mass is 9.94. The third-order valence-corrected chi connectivity index (χ3v) is 17.6. The molecule has 7 amide bonds. The maximum Gasteiger partial charge on any atom is 0.315 e. The Hall–Kier alpha value is -9.74. The van der Waals surface area contributed by atoms with Crippen LogP contribution in [0.3, 0.4) is 0 Å². The second kappa shape index (κ2) is 37.4. The predicted molar refractivity (Wildman–Crippen MR) is 359 cm³/mol. The summed E-state index contributed by atoms with van der Waals surface area (Å²) < 4.78 is 66.9. The van der Waals surface area contributed by atoms with Crippen LogP contribution in [0.4, 0.5) is 9.18 Å². The smallest absolute Gasteiger partial charge is 0.315 e. The van der Waals surface area contributed by atoms with Gasteiger partial charge < -0.3 is 16.0 Å². The van der Waals surface area contributed by atoms with Crippen molar-refractivity contribution in [2.75, 3.05) is 0 Å². The zero-order valence-corrected chi connectivity index (χ0v) is 55.8. The van der Waals surface area contributed by atoms with E-state index in [-0.39, 0.29) is 57.8 Å². The highest BCUT2D eigenvalue weighted by Crippen LogP contribution is 2.25. The largest absolute Gasteiger partial charge is 0.349 e. The summed E-state index contributed by atoms with van der Waals surface area (Å²) in [6, 6.07) is 52.9. The first-order chi connectivity index (χ1) is 45.5. The lowest BCUT2D eigenvalue weighted by Gasteiger charge is -2.23. The Labute approximate surface area is 561 Å².